The maximum Gasteiger partial charge on any atom is 0.00747 e. The smallest absolute Gasteiger partial charge is 0.00747 e. The molecule has 0 aliphatic heterocycles. The molecule has 1 atom stereocenters. The summed E-state index contributed by atoms with van der Waals surface area (Å²) in [5.41, 5.74) is 0. The van der Waals surface area contributed by atoms with Crippen molar-refractivity contribution in [2.45, 2.75) is 64.5 Å². The molecule has 0 aromatic rings. The van der Waals surface area contributed by atoms with Crippen molar-refractivity contribution in [3.8, 4) is 0 Å². The summed E-state index contributed by atoms with van der Waals surface area (Å²) in [7, 11) is 0. The number of hydrogen-bond acceptors (Lipinski definition) is 1. The van der Waals surface area contributed by atoms with Gasteiger partial charge in [-0.25, -0.2) is 0 Å². The second-order valence-electron chi connectivity index (χ2n) is 5.27. The standard InChI is InChI=1S/C12H23N/c1-9-7-12(8-9)13-10(2)11-5-3-4-6-11/h9-13H,3-8H2,1-2H3. The van der Waals surface area contributed by atoms with Crippen molar-refractivity contribution in [3.63, 3.8) is 0 Å². The van der Waals surface area contributed by atoms with E-state index in [9.17, 15) is 0 Å². The summed E-state index contributed by atoms with van der Waals surface area (Å²) in [6.45, 7) is 4.75. The highest BCUT2D eigenvalue weighted by Crippen LogP contribution is 2.31. The summed E-state index contributed by atoms with van der Waals surface area (Å²) < 4.78 is 0. The molecule has 0 radical (unpaired) electrons. The SMILES string of the molecule is CC1CC(NC(C)C2CCCC2)C1. The van der Waals surface area contributed by atoms with E-state index in [1.165, 1.54) is 38.5 Å². The first kappa shape index (κ1) is 9.51. The lowest BCUT2D eigenvalue weighted by Gasteiger charge is -2.37. The van der Waals surface area contributed by atoms with E-state index in [-0.39, 0.29) is 0 Å². The van der Waals surface area contributed by atoms with Crippen molar-refractivity contribution >= 4 is 0 Å². The van der Waals surface area contributed by atoms with Crippen LogP contribution in [0.3, 0.4) is 0 Å². The zero-order valence-corrected chi connectivity index (χ0v) is 9.05. The van der Waals surface area contributed by atoms with Crippen LogP contribution in [0.2, 0.25) is 0 Å². The number of hydrogen-bond donors (Lipinski definition) is 1. The lowest BCUT2D eigenvalue weighted by Crippen LogP contribution is -2.46. The first-order valence-electron chi connectivity index (χ1n) is 6.01. The predicted molar refractivity (Wildman–Crippen MR) is 56.7 cm³/mol. The minimum Gasteiger partial charge on any atom is -0.311 e. The average molecular weight is 181 g/mol. The van der Waals surface area contributed by atoms with Gasteiger partial charge in [0.25, 0.3) is 0 Å². The average Bonchev–Trinajstić information content (AvgIpc) is 2.53. The molecule has 2 saturated carbocycles. The van der Waals surface area contributed by atoms with Gasteiger partial charge >= 0.3 is 0 Å². The van der Waals surface area contributed by atoms with Crippen LogP contribution in [0.15, 0.2) is 0 Å². The summed E-state index contributed by atoms with van der Waals surface area (Å²) in [5.74, 6) is 1.96. The molecule has 1 unspecified atom stereocenters. The second kappa shape index (κ2) is 4.00. The Morgan fingerprint density at radius 2 is 1.77 bits per heavy atom. The Labute approximate surface area is 82.3 Å². The Kier molecular flexibility index (Phi) is 2.92. The Morgan fingerprint density at radius 3 is 2.31 bits per heavy atom. The zero-order chi connectivity index (χ0) is 9.26. The lowest BCUT2D eigenvalue weighted by molar-refractivity contribution is 0.204. The van der Waals surface area contributed by atoms with Gasteiger partial charge in [-0.05, 0) is 44.4 Å². The zero-order valence-electron chi connectivity index (χ0n) is 9.05. The third kappa shape index (κ3) is 2.25. The van der Waals surface area contributed by atoms with E-state index in [2.05, 4.69) is 19.2 Å². The van der Waals surface area contributed by atoms with Crippen LogP contribution in [-0.2, 0) is 0 Å². The molecule has 0 aromatic carbocycles. The predicted octanol–water partition coefficient (Wildman–Crippen LogP) is 2.95. The van der Waals surface area contributed by atoms with Gasteiger partial charge in [-0.2, -0.15) is 0 Å². The molecular weight excluding hydrogens is 158 g/mol. The van der Waals surface area contributed by atoms with Gasteiger partial charge in [0.15, 0.2) is 0 Å². The summed E-state index contributed by atoms with van der Waals surface area (Å²) in [6, 6.07) is 1.63. The van der Waals surface area contributed by atoms with Crippen molar-refractivity contribution in [2.24, 2.45) is 11.8 Å². The molecule has 0 amide bonds. The highest BCUT2D eigenvalue weighted by molar-refractivity contribution is 4.87. The molecule has 0 heterocycles. The van der Waals surface area contributed by atoms with Gasteiger partial charge in [-0.1, -0.05) is 19.8 Å². The van der Waals surface area contributed by atoms with Gasteiger partial charge in [0.2, 0.25) is 0 Å². The fourth-order valence-corrected chi connectivity index (χ4v) is 3.00. The molecule has 2 aliphatic carbocycles. The van der Waals surface area contributed by atoms with Crippen LogP contribution in [0.25, 0.3) is 0 Å². The van der Waals surface area contributed by atoms with Gasteiger partial charge in [-0.15, -0.1) is 0 Å². The summed E-state index contributed by atoms with van der Waals surface area (Å²) in [6.07, 6.45) is 8.70. The first-order chi connectivity index (χ1) is 6.25. The fraction of sp³-hybridized carbons (Fsp3) is 1.00. The van der Waals surface area contributed by atoms with Gasteiger partial charge in [0.1, 0.15) is 0 Å². The molecular formula is C12H23N. The molecule has 0 spiro atoms. The van der Waals surface area contributed by atoms with Gasteiger partial charge < -0.3 is 5.32 Å². The molecule has 2 aliphatic rings. The van der Waals surface area contributed by atoms with E-state index in [4.69, 9.17) is 0 Å². The van der Waals surface area contributed by atoms with Crippen LogP contribution in [0, 0.1) is 11.8 Å². The van der Waals surface area contributed by atoms with Crippen LogP contribution < -0.4 is 5.32 Å². The van der Waals surface area contributed by atoms with Crippen LogP contribution >= 0.6 is 0 Å². The number of rotatable bonds is 3. The third-order valence-corrected chi connectivity index (χ3v) is 3.98. The van der Waals surface area contributed by atoms with Crippen molar-refractivity contribution in [1.82, 2.24) is 5.32 Å². The van der Waals surface area contributed by atoms with E-state index < -0.39 is 0 Å². The van der Waals surface area contributed by atoms with Crippen molar-refractivity contribution in [1.29, 1.82) is 0 Å². The Hall–Kier alpha value is -0.0400. The minimum absolute atomic E-state index is 0.778. The maximum atomic E-state index is 3.79. The quantitative estimate of drug-likeness (QED) is 0.706. The highest BCUT2D eigenvalue weighted by Gasteiger charge is 2.29. The van der Waals surface area contributed by atoms with E-state index >= 15 is 0 Å². The van der Waals surface area contributed by atoms with Gasteiger partial charge in [-0.3, -0.25) is 0 Å². The van der Waals surface area contributed by atoms with Gasteiger partial charge in [0.05, 0.1) is 0 Å². The van der Waals surface area contributed by atoms with Crippen molar-refractivity contribution < 1.29 is 0 Å². The molecule has 2 fully saturated rings. The van der Waals surface area contributed by atoms with Crippen molar-refractivity contribution in [2.75, 3.05) is 0 Å². The molecule has 1 N–H and O–H groups in total. The van der Waals surface area contributed by atoms with E-state index in [0.29, 0.717) is 0 Å². The molecule has 2 rings (SSSR count). The van der Waals surface area contributed by atoms with Gasteiger partial charge in [0, 0.05) is 12.1 Å². The molecule has 1 nitrogen and oxygen atoms in total. The minimum atomic E-state index is 0.778. The molecule has 13 heavy (non-hydrogen) atoms. The Bertz CT molecular complexity index is 155. The summed E-state index contributed by atoms with van der Waals surface area (Å²) in [4.78, 5) is 0. The van der Waals surface area contributed by atoms with E-state index in [1.54, 1.807) is 0 Å². The van der Waals surface area contributed by atoms with Crippen LogP contribution in [0.1, 0.15) is 52.4 Å². The van der Waals surface area contributed by atoms with E-state index in [0.717, 1.165) is 23.9 Å². The normalized spacial score (nSPS) is 37.4. The second-order valence-corrected chi connectivity index (χ2v) is 5.27. The largest absolute Gasteiger partial charge is 0.311 e. The van der Waals surface area contributed by atoms with E-state index in [1.807, 2.05) is 0 Å². The van der Waals surface area contributed by atoms with Crippen LogP contribution in [-0.4, -0.2) is 12.1 Å². The molecule has 1 heteroatoms. The van der Waals surface area contributed by atoms with Crippen LogP contribution in [0.4, 0.5) is 0 Å². The van der Waals surface area contributed by atoms with Crippen molar-refractivity contribution in [3.05, 3.63) is 0 Å². The molecule has 0 saturated heterocycles. The number of nitrogens with one attached hydrogen (secondary N) is 1. The summed E-state index contributed by atoms with van der Waals surface area (Å²) >= 11 is 0. The lowest BCUT2D eigenvalue weighted by atomic mass is 9.81. The Morgan fingerprint density at radius 1 is 1.15 bits per heavy atom. The maximum absolute atomic E-state index is 3.79. The third-order valence-electron chi connectivity index (χ3n) is 3.98. The first-order valence-corrected chi connectivity index (χ1v) is 6.01. The van der Waals surface area contributed by atoms with Crippen LogP contribution in [0.5, 0.6) is 0 Å². The fourth-order valence-electron chi connectivity index (χ4n) is 3.00. The highest BCUT2D eigenvalue weighted by atomic mass is 15.0. The molecule has 0 aromatic heterocycles. The molecule has 76 valence electrons. The topological polar surface area (TPSA) is 12.0 Å². The summed E-state index contributed by atoms with van der Waals surface area (Å²) in [5, 5.41) is 3.79. The molecule has 0 bridgehead atoms. The monoisotopic (exact) mass is 181 g/mol. The Balaban J connectivity index is 1.68.